The van der Waals surface area contributed by atoms with Crippen molar-refractivity contribution in [3.05, 3.63) is 29.8 Å². The Morgan fingerprint density at radius 3 is 2.67 bits per heavy atom. The highest BCUT2D eigenvalue weighted by Crippen LogP contribution is 2.38. The molecule has 24 heavy (non-hydrogen) atoms. The second-order valence-electron chi connectivity index (χ2n) is 6.04. The average Bonchev–Trinajstić information content (AvgIpc) is 3.28. The zero-order chi connectivity index (χ0) is 17.7. The van der Waals surface area contributed by atoms with Crippen LogP contribution in [-0.2, 0) is 14.3 Å². The Labute approximate surface area is 140 Å². The number of carboxylic acid groups (broad SMARTS) is 1. The molecule has 1 aliphatic carbocycles. The van der Waals surface area contributed by atoms with Gasteiger partial charge in [0.25, 0.3) is 5.91 Å². The van der Waals surface area contributed by atoms with E-state index in [0.717, 1.165) is 6.42 Å². The maximum absolute atomic E-state index is 12.2. The normalized spacial score (nSPS) is 20.1. The molecule has 0 aromatic heterocycles. The number of nitrogens with one attached hydrogen (secondary N) is 2. The van der Waals surface area contributed by atoms with Crippen molar-refractivity contribution in [1.29, 1.82) is 0 Å². The highest BCUT2D eigenvalue weighted by Gasteiger charge is 2.39. The lowest BCUT2D eigenvalue weighted by Gasteiger charge is -2.14. The smallest absolute Gasteiger partial charge is 0.326 e. The molecule has 0 heterocycles. The number of ether oxygens (including phenoxy) is 1. The van der Waals surface area contributed by atoms with Crippen LogP contribution in [0, 0.1) is 11.8 Å². The minimum atomic E-state index is -1.12. The molecule has 1 aromatic rings. The molecule has 0 radical (unpaired) electrons. The zero-order valence-corrected chi connectivity index (χ0v) is 13.7. The SMILES string of the molecule is COCCC(NC(=O)c1cccc(NC(=O)C2CC2C)c1)C(=O)O. The second kappa shape index (κ2) is 7.92. The number of hydrogen-bond acceptors (Lipinski definition) is 4. The molecule has 1 aromatic carbocycles. The molecule has 2 rings (SSSR count). The molecular formula is C17H22N2O5. The summed E-state index contributed by atoms with van der Waals surface area (Å²) < 4.78 is 4.85. The van der Waals surface area contributed by atoms with Gasteiger partial charge in [-0.25, -0.2) is 4.79 Å². The van der Waals surface area contributed by atoms with Crippen LogP contribution < -0.4 is 10.6 Å². The van der Waals surface area contributed by atoms with Gasteiger partial charge in [0.2, 0.25) is 5.91 Å². The Hall–Kier alpha value is -2.41. The maximum Gasteiger partial charge on any atom is 0.326 e. The van der Waals surface area contributed by atoms with Crippen molar-refractivity contribution in [1.82, 2.24) is 5.32 Å². The number of methoxy groups -OCH3 is 1. The topological polar surface area (TPSA) is 105 Å². The molecule has 7 nitrogen and oxygen atoms in total. The lowest BCUT2D eigenvalue weighted by atomic mass is 10.1. The Morgan fingerprint density at radius 1 is 1.38 bits per heavy atom. The third-order valence-corrected chi connectivity index (χ3v) is 4.05. The van der Waals surface area contributed by atoms with E-state index >= 15 is 0 Å². The fourth-order valence-corrected chi connectivity index (χ4v) is 2.40. The molecule has 0 spiro atoms. The molecule has 3 atom stereocenters. The highest BCUT2D eigenvalue weighted by atomic mass is 16.5. The van der Waals surface area contributed by atoms with Gasteiger partial charge in [-0.2, -0.15) is 0 Å². The predicted octanol–water partition coefficient (Wildman–Crippen LogP) is 1.50. The van der Waals surface area contributed by atoms with Crippen LogP contribution in [0.3, 0.4) is 0 Å². The van der Waals surface area contributed by atoms with Gasteiger partial charge in [0.05, 0.1) is 0 Å². The van der Waals surface area contributed by atoms with Crippen LogP contribution in [0.2, 0.25) is 0 Å². The van der Waals surface area contributed by atoms with Crippen molar-refractivity contribution in [3.63, 3.8) is 0 Å². The van der Waals surface area contributed by atoms with E-state index in [2.05, 4.69) is 10.6 Å². The minimum absolute atomic E-state index is 0.0351. The summed E-state index contributed by atoms with van der Waals surface area (Å²) in [4.78, 5) is 35.3. The number of carbonyl (C=O) groups is 3. The Kier molecular flexibility index (Phi) is 5.92. The number of aliphatic carboxylic acids is 1. The van der Waals surface area contributed by atoms with E-state index in [-0.39, 0.29) is 24.9 Å². The molecular weight excluding hydrogens is 312 g/mol. The van der Waals surface area contributed by atoms with Gasteiger partial charge in [-0.05, 0) is 30.5 Å². The van der Waals surface area contributed by atoms with Crippen molar-refractivity contribution in [2.24, 2.45) is 11.8 Å². The van der Waals surface area contributed by atoms with Crippen molar-refractivity contribution in [2.75, 3.05) is 19.0 Å². The number of carbonyl (C=O) groups excluding carboxylic acids is 2. The average molecular weight is 334 g/mol. The number of hydrogen-bond donors (Lipinski definition) is 3. The fraction of sp³-hybridized carbons (Fsp3) is 0.471. The van der Waals surface area contributed by atoms with Crippen LogP contribution in [0.1, 0.15) is 30.1 Å². The lowest BCUT2D eigenvalue weighted by Crippen LogP contribution is -2.41. The zero-order valence-electron chi connectivity index (χ0n) is 13.7. The number of amides is 2. The molecule has 7 heteroatoms. The van der Waals surface area contributed by atoms with E-state index in [0.29, 0.717) is 17.2 Å². The van der Waals surface area contributed by atoms with E-state index < -0.39 is 17.9 Å². The van der Waals surface area contributed by atoms with Gasteiger partial charge in [-0.1, -0.05) is 13.0 Å². The number of rotatable bonds is 8. The largest absolute Gasteiger partial charge is 0.480 e. The van der Waals surface area contributed by atoms with E-state index in [4.69, 9.17) is 9.84 Å². The summed E-state index contributed by atoms with van der Waals surface area (Å²) in [6.45, 7) is 2.24. The second-order valence-corrected chi connectivity index (χ2v) is 6.04. The molecule has 1 aliphatic rings. The van der Waals surface area contributed by atoms with Crippen LogP contribution in [0.15, 0.2) is 24.3 Å². The molecule has 0 saturated heterocycles. The standard InChI is InChI=1S/C17H22N2O5/c1-10-8-13(10)16(21)18-12-5-3-4-11(9-12)15(20)19-14(17(22)23)6-7-24-2/h3-5,9-10,13-14H,6-8H2,1-2H3,(H,18,21)(H,19,20)(H,22,23). The van der Waals surface area contributed by atoms with Crippen molar-refractivity contribution >= 4 is 23.5 Å². The molecule has 3 N–H and O–H groups in total. The van der Waals surface area contributed by atoms with E-state index in [1.807, 2.05) is 6.92 Å². The van der Waals surface area contributed by atoms with Gasteiger partial charge in [0.15, 0.2) is 0 Å². The van der Waals surface area contributed by atoms with Crippen LogP contribution in [0.5, 0.6) is 0 Å². The van der Waals surface area contributed by atoms with Gasteiger partial charge in [0, 0.05) is 37.3 Å². The quantitative estimate of drug-likeness (QED) is 0.668. The molecule has 1 saturated carbocycles. The molecule has 3 unspecified atom stereocenters. The summed E-state index contributed by atoms with van der Waals surface area (Å²) in [5, 5.41) is 14.4. The third kappa shape index (κ3) is 4.79. The fourth-order valence-electron chi connectivity index (χ4n) is 2.40. The minimum Gasteiger partial charge on any atom is -0.480 e. The summed E-state index contributed by atoms with van der Waals surface area (Å²) in [6, 6.07) is 5.42. The van der Waals surface area contributed by atoms with Crippen molar-refractivity contribution < 1.29 is 24.2 Å². The molecule has 1 fully saturated rings. The highest BCUT2D eigenvalue weighted by molar-refractivity contribution is 5.99. The summed E-state index contributed by atoms with van der Waals surface area (Å²) in [5.41, 5.74) is 0.816. The summed E-state index contributed by atoms with van der Waals surface area (Å²) in [5.74, 6) is -1.24. The lowest BCUT2D eigenvalue weighted by molar-refractivity contribution is -0.139. The van der Waals surface area contributed by atoms with Gasteiger partial charge >= 0.3 is 5.97 Å². The van der Waals surface area contributed by atoms with Crippen LogP contribution in [0.4, 0.5) is 5.69 Å². The Morgan fingerprint density at radius 2 is 2.08 bits per heavy atom. The summed E-state index contributed by atoms with van der Waals surface area (Å²) >= 11 is 0. The first kappa shape index (κ1) is 17.9. The Bertz CT molecular complexity index is 631. The monoisotopic (exact) mass is 334 g/mol. The van der Waals surface area contributed by atoms with Crippen molar-refractivity contribution in [3.8, 4) is 0 Å². The van der Waals surface area contributed by atoms with Gasteiger partial charge in [0.1, 0.15) is 6.04 Å². The number of anilines is 1. The molecule has 0 bridgehead atoms. The van der Waals surface area contributed by atoms with Gasteiger partial charge in [-0.15, -0.1) is 0 Å². The Balaban J connectivity index is 1.99. The van der Waals surface area contributed by atoms with E-state index in [9.17, 15) is 14.4 Å². The number of benzene rings is 1. The van der Waals surface area contributed by atoms with E-state index in [1.165, 1.54) is 13.2 Å². The van der Waals surface area contributed by atoms with Crippen molar-refractivity contribution in [2.45, 2.75) is 25.8 Å². The summed E-state index contributed by atoms with van der Waals surface area (Å²) in [7, 11) is 1.47. The number of carboxylic acids is 1. The molecule has 2 amide bonds. The summed E-state index contributed by atoms with van der Waals surface area (Å²) in [6.07, 6.45) is 1.05. The maximum atomic E-state index is 12.2. The third-order valence-electron chi connectivity index (χ3n) is 4.05. The molecule has 130 valence electrons. The van der Waals surface area contributed by atoms with Gasteiger partial charge < -0.3 is 20.5 Å². The van der Waals surface area contributed by atoms with Gasteiger partial charge in [-0.3, -0.25) is 9.59 Å². The predicted molar refractivity (Wildman–Crippen MR) is 87.7 cm³/mol. The van der Waals surface area contributed by atoms with Crippen LogP contribution in [0.25, 0.3) is 0 Å². The first-order valence-corrected chi connectivity index (χ1v) is 7.86. The first-order chi connectivity index (χ1) is 11.4. The van der Waals surface area contributed by atoms with Crippen LogP contribution >= 0.6 is 0 Å². The molecule has 0 aliphatic heterocycles. The van der Waals surface area contributed by atoms with Crippen LogP contribution in [-0.4, -0.2) is 42.6 Å². The van der Waals surface area contributed by atoms with E-state index in [1.54, 1.807) is 18.2 Å². The first-order valence-electron chi connectivity index (χ1n) is 7.86.